The maximum Gasteiger partial charge on any atom is 0.453 e. The Morgan fingerprint density at radius 2 is 1.80 bits per heavy atom. The van der Waals surface area contributed by atoms with Gasteiger partial charge < -0.3 is 9.15 Å². The summed E-state index contributed by atoms with van der Waals surface area (Å²) in [6, 6.07) is 12.1. The Labute approximate surface area is 196 Å². The van der Waals surface area contributed by atoms with Crippen molar-refractivity contribution in [2.24, 2.45) is 0 Å². The molecule has 2 amide bonds. The van der Waals surface area contributed by atoms with E-state index in [4.69, 9.17) is 9.15 Å². The first-order valence-electron chi connectivity index (χ1n) is 10.3. The minimum atomic E-state index is -4.73. The van der Waals surface area contributed by atoms with Gasteiger partial charge in [0.15, 0.2) is 5.76 Å². The average molecular weight is 488 g/mol. The molecule has 4 aromatic rings. The first-order chi connectivity index (χ1) is 16.6. The van der Waals surface area contributed by atoms with Gasteiger partial charge in [0, 0.05) is 17.0 Å². The van der Waals surface area contributed by atoms with E-state index in [9.17, 15) is 22.8 Å². The Bertz CT molecular complexity index is 1380. The number of hydrogen-bond donors (Lipinski definition) is 2. The first-order valence-corrected chi connectivity index (χ1v) is 10.3. The largest absolute Gasteiger partial charge is 0.486 e. The van der Waals surface area contributed by atoms with Crippen LogP contribution in [0.5, 0.6) is 5.75 Å². The predicted molar refractivity (Wildman–Crippen MR) is 114 cm³/mol. The van der Waals surface area contributed by atoms with Crippen LogP contribution in [0.1, 0.15) is 39.1 Å². The number of amides is 2. The van der Waals surface area contributed by atoms with Crippen molar-refractivity contribution < 1.29 is 31.9 Å². The van der Waals surface area contributed by atoms with E-state index >= 15 is 0 Å². The molecule has 1 aromatic carbocycles. The molecule has 0 atom stereocenters. The lowest BCUT2D eigenvalue weighted by Gasteiger charge is -2.11. The summed E-state index contributed by atoms with van der Waals surface area (Å²) in [5, 5.41) is 3.44. The number of alkyl halides is 3. The van der Waals surface area contributed by atoms with Crippen LogP contribution >= 0.6 is 0 Å². The third kappa shape index (κ3) is 5.39. The summed E-state index contributed by atoms with van der Waals surface area (Å²) in [4.78, 5) is 32.1. The SMILES string of the molecule is Cc1nc2nc(C(F)(F)F)nn2c(C)c1CC(=O)NNC(=O)c1ccc(COc2ccccc2)o1. The maximum atomic E-state index is 12.9. The van der Waals surface area contributed by atoms with Gasteiger partial charge in [0.05, 0.1) is 6.42 Å². The van der Waals surface area contributed by atoms with E-state index in [1.165, 1.54) is 19.9 Å². The second kappa shape index (κ2) is 9.44. The number of rotatable bonds is 6. The molecule has 3 aromatic heterocycles. The van der Waals surface area contributed by atoms with Crippen molar-refractivity contribution in [1.29, 1.82) is 0 Å². The lowest BCUT2D eigenvalue weighted by atomic mass is 10.1. The number of benzene rings is 1. The molecule has 182 valence electrons. The second-order valence-corrected chi connectivity index (χ2v) is 7.45. The van der Waals surface area contributed by atoms with E-state index in [1.807, 2.05) is 18.2 Å². The van der Waals surface area contributed by atoms with Crippen LogP contribution in [0.15, 0.2) is 46.9 Å². The highest BCUT2D eigenvalue weighted by atomic mass is 19.4. The molecule has 0 spiro atoms. The van der Waals surface area contributed by atoms with Crippen molar-refractivity contribution in [1.82, 2.24) is 30.4 Å². The van der Waals surface area contributed by atoms with Gasteiger partial charge in [-0.05, 0) is 38.1 Å². The molecule has 10 nitrogen and oxygen atoms in total. The molecule has 4 rings (SSSR count). The predicted octanol–water partition coefficient (Wildman–Crippen LogP) is 2.94. The van der Waals surface area contributed by atoms with Gasteiger partial charge in [0.25, 0.3) is 11.6 Å². The van der Waals surface area contributed by atoms with Gasteiger partial charge >= 0.3 is 12.1 Å². The fourth-order valence-electron chi connectivity index (χ4n) is 3.23. The third-order valence-electron chi connectivity index (χ3n) is 4.97. The molecule has 0 fully saturated rings. The number of halogens is 3. The maximum absolute atomic E-state index is 12.9. The molecule has 0 aliphatic carbocycles. The van der Waals surface area contributed by atoms with Gasteiger partial charge in [0.1, 0.15) is 18.1 Å². The van der Waals surface area contributed by atoms with Crippen molar-refractivity contribution in [3.63, 3.8) is 0 Å². The van der Waals surface area contributed by atoms with E-state index in [-0.39, 0.29) is 30.3 Å². The van der Waals surface area contributed by atoms with Crippen LogP contribution in [0, 0.1) is 13.8 Å². The van der Waals surface area contributed by atoms with Gasteiger partial charge in [-0.3, -0.25) is 20.4 Å². The molecule has 0 aliphatic rings. The van der Waals surface area contributed by atoms with Crippen molar-refractivity contribution in [2.75, 3.05) is 0 Å². The van der Waals surface area contributed by atoms with Gasteiger partial charge in [0.2, 0.25) is 5.91 Å². The third-order valence-corrected chi connectivity index (χ3v) is 4.97. The lowest BCUT2D eigenvalue weighted by Crippen LogP contribution is -2.42. The number of aryl methyl sites for hydroxylation is 2. The van der Waals surface area contributed by atoms with Crippen molar-refractivity contribution in [2.45, 2.75) is 33.1 Å². The smallest absolute Gasteiger partial charge is 0.453 e. The van der Waals surface area contributed by atoms with Crippen molar-refractivity contribution in [3.8, 4) is 5.75 Å². The first kappa shape index (κ1) is 23.7. The summed E-state index contributed by atoms with van der Waals surface area (Å²) in [6.07, 6.45) is -4.99. The standard InChI is InChI=1S/C22H19F3N6O4/c1-12-16(13(2)31-21(26-12)27-20(30-31)22(23,24)25)10-18(32)28-29-19(33)17-9-8-15(35-17)11-34-14-6-4-3-5-7-14/h3-9H,10-11H2,1-2H3,(H,28,32)(H,29,33). The quantitative estimate of drug-likeness (QED) is 0.400. The zero-order valence-electron chi connectivity index (χ0n) is 18.5. The molecule has 3 heterocycles. The molecule has 13 heteroatoms. The molecular formula is C22H19F3N6O4. The monoisotopic (exact) mass is 488 g/mol. The molecule has 0 unspecified atom stereocenters. The summed E-state index contributed by atoms with van der Waals surface area (Å²) in [6.45, 7) is 3.15. The van der Waals surface area contributed by atoms with E-state index in [2.05, 4.69) is 25.9 Å². The molecule has 0 saturated carbocycles. The summed E-state index contributed by atoms with van der Waals surface area (Å²) in [5.74, 6) is -1.88. The summed E-state index contributed by atoms with van der Waals surface area (Å²) >= 11 is 0. The summed E-state index contributed by atoms with van der Waals surface area (Å²) < 4.78 is 50.7. The van der Waals surface area contributed by atoms with E-state index in [0.717, 1.165) is 4.52 Å². The fourth-order valence-corrected chi connectivity index (χ4v) is 3.23. The molecule has 2 N–H and O–H groups in total. The number of nitrogens with one attached hydrogen (secondary N) is 2. The minimum absolute atomic E-state index is 0.0466. The van der Waals surface area contributed by atoms with Gasteiger partial charge in [-0.1, -0.05) is 18.2 Å². The van der Waals surface area contributed by atoms with Crippen LogP contribution in [-0.4, -0.2) is 31.4 Å². The highest BCUT2D eigenvalue weighted by molar-refractivity contribution is 5.93. The number of aromatic nitrogens is 4. The van der Waals surface area contributed by atoms with Crippen LogP contribution in [0.2, 0.25) is 0 Å². The zero-order chi connectivity index (χ0) is 25.2. The Morgan fingerprint density at radius 3 is 2.51 bits per heavy atom. The molecule has 0 aliphatic heterocycles. The van der Waals surface area contributed by atoms with Crippen LogP contribution in [-0.2, 0) is 24.0 Å². The molecule has 0 saturated heterocycles. The minimum Gasteiger partial charge on any atom is -0.486 e. The van der Waals surface area contributed by atoms with Gasteiger partial charge in [-0.25, -0.2) is 9.50 Å². The summed E-state index contributed by atoms with van der Waals surface area (Å²) in [7, 11) is 0. The van der Waals surface area contributed by atoms with Gasteiger partial charge in [-0.2, -0.15) is 18.2 Å². The number of carbonyl (C=O) groups excluding carboxylic acids is 2. The highest BCUT2D eigenvalue weighted by Gasteiger charge is 2.37. The molecule has 0 radical (unpaired) electrons. The molecular weight excluding hydrogens is 469 g/mol. The second-order valence-electron chi connectivity index (χ2n) is 7.45. The molecule has 35 heavy (non-hydrogen) atoms. The topological polar surface area (TPSA) is 124 Å². The van der Waals surface area contributed by atoms with Crippen LogP contribution in [0.25, 0.3) is 5.78 Å². The highest BCUT2D eigenvalue weighted by Crippen LogP contribution is 2.27. The normalized spacial score (nSPS) is 11.5. The number of nitrogens with zero attached hydrogens (tertiary/aromatic N) is 4. The van der Waals surface area contributed by atoms with Crippen LogP contribution in [0.4, 0.5) is 13.2 Å². The number of furan rings is 1. The van der Waals surface area contributed by atoms with Crippen LogP contribution in [0.3, 0.4) is 0 Å². The Hall–Kier alpha value is -4.42. The number of carbonyl (C=O) groups is 2. The van der Waals surface area contributed by atoms with Gasteiger partial charge in [-0.15, -0.1) is 5.10 Å². The van der Waals surface area contributed by atoms with E-state index in [1.54, 1.807) is 18.2 Å². The Balaban J connectivity index is 1.36. The Morgan fingerprint density at radius 1 is 1.06 bits per heavy atom. The fraction of sp³-hybridized carbons (Fsp3) is 0.227. The average Bonchev–Trinajstić information content (AvgIpc) is 3.47. The van der Waals surface area contributed by atoms with Crippen molar-refractivity contribution >= 4 is 17.6 Å². The van der Waals surface area contributed by atoms with E-state index < -0.39 is 23.8 Å². The Kier molecular flexibility index (Phi) is 6.40. The number of ether oxygens (including phenoxy) is 1. The number of para-hydroxylation sites is 1. The van der Waals surface area contributed by atoms with Crippen molar-refractivity contribution in [3.05, 3.63) is 76.8 Å². The zero-order valence-corrected chi connectivity index (χ0v) is 18.5. The summed E-state index contributed by atoms with van der Waals surface area (Å²) in [5.41, 5.74) is 5.40. The lowest BCUT2D eigenvalue weighted by molar-refractivity contribution is -0.144. The number of hydrazine groups is 1. The van der Waals surface area contributed by atoms with E-state index in [0.29, 0.717) is 22.8 Å². The number of fused-ring (bicyclic) bond motifs is 1. The number of hydrogen-bond acceptors (Lipinski definition) is 7. The molecule has 0 bridgehead atoms. The van der Waals surface area contributed by atoms with Crippen LogP contribution < -0.4 is 15.6 Å².